The van der Waals surface area contributed by atoms with Gasteiger partial charge in [0.2, 0.25) is 0 Å². The third kappa shape index (κ3) is 9.84. The summed E-state index contributed by atoms with van der Waals surface area (Å²) in [5.74, 6) is 0.492. The van der Waals surface area contributed by atoms with E-state index in [2.05, 4.69) is 33.0 Å². The maximum atomic E-state index is 12.4. The van der Waals surface area contributed by atoms with Crippen LogP contribution in [0.15, 0.2) is 0 Å². The molecule has 0 aromatic carbocycles. The van der Waals surface area contributed by atoms with Crippen molar-refractivity contribution in [3.05, 3.63) is 0 Å². The second kappa shape index (κ2) is 13.9. The van der Waals surface area contributed by atoms with Crippen molar-refractivity contribution >= 4 is 5.97 Å². The standard InChI is InChI=1S/C28H53NO2/c1-5-6-7-8-9-10-11-12-13-14-15-16-17-18-19-20-26(30)31-25-23-28(4)22-21-24(25)27(2,3)29-28/h24-25,29H,5-23H2,1-4H3. The summed E-state index contributed by atoms with van der Waals surface area (Å²) < 4.78 is 5.97. The van der Waals surface area contributed by atoms with Gasteiger partial charge in [0.1, 0.15) is 6.10 Å². The minimum atomic E-state index is 0.0339. The lowest BCUT2D eigenvalue weighted by atomic mass is 9.63. The number of carbonyl (C=O) groups is 1. The highest BCUT2D eigenvalue weighted by Gasteiger charge is 2.53. The Hall–Kier alpha value is -0.570. The van der Waals surface area contributed by atoms with Crippen molar-refractivity contribution in [2.24, 2.45) is 5.92 Å². The molecule has 3 rings (SSSR count). The first-order valence-electron chi connectivity index (χ1n) is 13.9. The Bertz CT molecular complexity index is 500. The second-order valence-corrected chi connectivity index (χ2v) is 11.5. The van der Waals surface area contributed by atoms with Crippen LogP contribution in [0.4, 0.5) is 0 Å². The van der Waals surface area contributed by atoms with Gasteiger partial charge in [0.15, 0.2) is 0 Å². The van der Waals surface area contributed by atoms with Crippen molar-refractivity contribution in [2.45, 2.75) is 167 Å². The molecular formula is C28H53NO2. The largest absolute Gasteiger partial charge is 0.462 e. The number of hydrogen-bond acceptors (Lipinski definition) is 3. The summed E-state index contributed by atoms with van der Waals surface area (Å²) in [5.41, 5.74) is 0.211. The highest BCUT2D eigenvalue weighted by atomic mass is 16.5. The molecule has 2 heterocycles. The molecule has 3 heteroatoms. The smallest absolute Gasteiger partial charge is 0.306 e. The Labute approximate surface area is 193 Å². The number of rotatable bonds is 17. The predicted molar refractivity (Wildman–Crippen MR) is 132 cm³/mol. The number of fused-ring (bicyclic) bond motifs is 3. The number of nitrogens with one attached hydrogen (secondary N) is 1. The fourth-order valence-electron chi connectivity index (χ4n) is 6.15. The van der Waals surface area contributed by atoms with Crippen LogP contribution in [-0.2, 0) is 9.53 Å². The van der Waals surface area contributed by atoms with Gasteiger partial charge < -0.3 is 10.1 Å². The molecule has 0 amide bonds. The zero-order valence-corrected chi connectivity index (χ0v) is 21.4. The van der Waals surface area contributed by atoms with E-state index in [0.717, 1.165) is 12.8 Å². The molecule has 3 aliphatic rings. The molecule has 2 saturated heterocycles. The SMILES string of the molecule is CCCCCCCCCCCCCCCCCC(=O)OC1CC2(C)CCC1C(C)(C)N2. The Balaban J connectivity index is 1.40. The average Bonchev–Trinajstić information content (AvgIpc) is 2.69. The van der Waals surface area contributed by atoms with Crippen molar-refractivity contribution in [3.8, 4) is 0 Å². The molecule has 2 aliphatic heterocycles. The van der Waals surface area contributed by atoms with Gasteiger partial charge in [0, 0.05) is 29.8 Å². The van der Waals surface area contributed by atoms with E-state index in [-0.39, 0.29) is 23.2 Å². The summed E-state index contributed by atoms with van der Waals surface area (Å²) in [6.07, 6.45) is 24.4. The van der Waals surface area contributed by atoms with Gasteiger partial charge in [0.05, 0.1) is 0 Å². The van der Waals surface area contributed by atoms with Crippen LogP contribution in [-0.4, -0.2) is 23.2 Å². The Morgan fingerprint density at radius 1 is 0.806 bits per heavy atom. The quantitative estimate of drug-likeness (QED) is 0.185. The zero-order chi connectivity index (χ0) is 22.6. The summed E-state index contributed by atoms with van der Waals surface area (Å²) in [6.45, 7) is 9.11. The van der Waals surface area contributed by atoms with E-state index in [1.165, 1.54) is 103 Å². The van der Waals surface area contributed by atoms with Gasteiger partial charge in [0.25, 0.3) is 0 Å². The van der Waals surface area contributed by atoms with Crippen LogP contribution in [0.1, 0.15) is 150 Å². The molecular weight excluding hydrogens is 382 g/mol. The van der Waals surface area contributed by atoms with E-state index >= 15 is 0 Å². The molecule has 1 aliphatic carbocycles. The Morgan fingerprint density at radius 2 is 1.29 bits per heavy atom. The summed E-state index contributed by atoms with van der Waals surface area (Å²) >= 11 is 0. The van der Waals surface area contributed by atoms with Gasteiger partial charge in [-0.1, -0.05) is 96.8 Å². The minimum Gasteiger partial charge on any atom is -0.462 e. The van der Waals surface area contributed by atoms with Crippen molar-refractivity contribution in [3.63, 3.8) is 0 Å². The molecule has 3 unspecified atom stereocenters. The van der Waals surface area contributed by atoms with E-state index in [9.17, 15) is 4.79 Å². The van der Waals surface area contributed by atoms with Crippen LogP contribution >= 0.6 is 0 Å². The van der Waals surface area contributed by atoms with E-state index in [1.807, 2.05) is 0 Å². The normalized spacial score (nSPS) is 26.8. The third-order valence-corrected chi connectivity index (χ3v) is 7.93. The van der Waals surface area contributed by atoms with Gasteiger partial charge in [-0.25, -0.2) is 0 Å². The highest BCUT2D eigenvalue weighted by molar-refractivity contribution is 5.69. The lowest BCUT2D eigenvalue weighted by Crippen LogP contribution is -2.69. The van der Waals surface area contributed by atoms with Gasteiger partial charge in [-0.15, -0.1) is 0 Å². The van der Waals surface area contributed by atoms with E-state index < -0.39 is 0 Å². The fourth-order valence-corrected chi connectivity index (χ4v) is 6.15. The number of hydrogen-bond donors (Lipinski definition) is 1. The Morgan fingerprint density at radius 3 is 1.74 bits per heavy atom. The molecule has 0 aromatic heterocycles. The van der Waals surface area contributed by atoms with Crippen LogP contribution in [0.5, 0.6) is 0 Å². The molecule has 0 spiro atoms. The lowest BCUT2D eigenvalue weighted by Gasteiger charge is -2.57. The maximum absolute atomic E-state index is 12.4. The first-order valence-corrected chi connectivity index (χ1v) is 13.9. The van der Waals surface area contributed by atoms with Crippen LogP contribution < -0.4 is 5.32 Å². The first kappa shape index (κ1) is 26.7. The maximum Gasteiger partial charge on any atom is 0.306 e. The molecule has 2 bridgehead atoms. The van der Waals surface area contributed by atoms with Crippen LogP contribution in [0, 0.1) is 5.92 Å². The number of carbonyl (C=O) groups excluding carboxylic acids is 1. The molecule has 31 heavy (non-hydrogen) atoms. The second-order valence-electron chi connectivity index (χ2n) is 11.5. The zero-order valence-electron chi connectivity index (χ0n) is 21.4. The van der Waals surface area contributed by atoms with E-state index in [4.69, 9.17) is 4.74 Å². The summed E-state index contributed by atoms with van der Waals surface area (Å²) in [5, 5.41) is 3.78. The van der Waals surface area contributed by atoms with Crippen molar-refractivity contribution in [2.75, 3.05) is 0 Å². The highest BCUT2D eigenvalue weighted by Crippen LogP contribution is 2.46. The lowest BCUT2D eigenvalue weighted by molar-refractivity contribution is -0.164. The molecule has 0 aromatic rings. The van der Waals surface area contributed by atoms with Crippen LogP contribution in [0.2, 0.25) is 0 Å². The first-order chi connectivity index (χ1) is 14.9. The van der Waals surface area contributed by atoms with E-state index in [1.54, 1.807) is 0 Å². The Kier molecular flexibility index (Phi) is 11.9. The number of ether oxygens (including phenoxy) is 1. The van der Waals surface area contributed by atoms with E-state index in [0.29, 0.717) is 12.3 Å². The predicted octanol–water partition coefficient (Wildman–Crippen LogP) is 8.10. The molecule has 3 atom stereocenters. The molecule has 182 valence electrons. The van der Waals surface area contributed by atoms with Gasteiger partial charge in [-0.3, -0.25) is 4.79 Å². The van der Waals surface area contributed by atoms with Crippen LogP contribution in [0.3, 0.4) is 0 Å². The monoisotopic (exact) mass is 435 g/mol. The molecule has 1 saturated carbocycles. The van der Waals surface area contributed by atoms with Gasteiger partial charge in [-0.05, 0) is 40.0 Å². The molecule has 3 fully saturated rings. The number of piperidine rings is 2. The summed E-state index contributed by atoms with van der Waals surface area (Å²) in [7, 11) is 0. The molecule has 3 nitrogen and oxygen atoms in total. The molecule has 0 radical (unpaired) electrons. The van der Waals surface area contributed by atoms with Crippen molar-refractivity contribution in [1.29, 1.82) is 0 Å². The van der Waals surface area contributed by atoms with Crippen molar-refractivity contribution in [1.82, 2.24) is 5.32 Å². The fraction of sp³-hybridized carbons (Fsp3) is 0.964. The summed E-state index contributed by atoms with van der Waals surface area (Å²) in [6, 6.07) is 0. The summed E-state index contributed by atoms with van der Waals surface area (Å²) in [4.78, 5) is 12.4. The topological polar surface area (TPSA) is 38.3 Å². The average molecular weight is 436 g/mol. The number of esters is 1. The van der Waals surface area contributed by atoms with Gasteiger partial charge >= 0.3 is 5.97 Å². The third-order valence-electron chi connectivity index (χ3n) is 7.93. The molecule has 1 N–H and O–H groups in total. The van der Waals surface area contributed by atoms with Crippen LogP contribution in [0.25, 0.3) is 0 Å². The number of unbranched alkanes of at least 4 members (excludes halogenated alkanes) is 14. The van der Waals surface area contributed by atoms with Crippen molar-refractivity contribution < 1.29 is 9.53 Å². The van der Waals surface area contributed by atoms with Gasteiger partial charge in [-0.2, -0.15) is 0 Å². The minimum absolute atomic E-state index is 0.0339.